The van der Waals surface area contributed by atoms with Gasteiger partial charge in [-0.1, -0.05) is 6.42 Å². The molecule has 2 aliphatic rings. The van der Waals surface area contributed by atoms with Crippen molar-refractivity contribution in [2.45, 2.75) is 44.6 Å². The number of nitrogens with two attached hydrogens (primary N) is 1. The number of carbonyl (C=O) groups excluding carboxylic acids is 1. The molecule has 0 radical (unpaired) electrons. The van der Waals surface area contributed by atoms with Crippen LogP contribution in [0.5, 0.6) is 0 Å². The molecule has 2 saturated carbocycles. The van der Waals surface area contributed by atoms with Crippen LogP contribution in [0.4, 0.5) is 0 Å². The molecule has 0 aromatic carbocycles. The van der Waals surface area contributed by atoms with Crippen LogP contribution >= 0.6 is 12.4 Å². The normalized spacial score (nSPS) is 26.0. The minimum absolute atomic E-state index is 0. The second kappa shape index (κ2) is 8.31. The van der Waals surface area contributed by atoms with Gasteiger partial charge >= 0.3 is 0 Å². The van der Waals surface area contributed by atoms with Gasteiger partial charge in [0.25, 0.3) is 0 Å². The van der Waals surface area contributed by atoms with E-state index in [0.29, 0.717) is 18.9 Å². The van der Waals surface area contributed by atoms with E-state index in [1.54, 1.807) is 0 Å². The molecule has 8 heteroatoms. The molecule has 124 valence electrons. The molecule has 6 nitrogen and oxygen atoms in total. The Morgan fingerprint density at radius 1 is 1.19 bits per heavy atom. The van der Waals surface area contributed by atoms with Gasteiger partial charge in [-0.15, -0.1) is 12.4 Å². The van der Waals surface area contributed by atoms with Gasteiger partial charge in [0.1, 0.15) is 0 Å². The average molecular weight is 340 g/mol. The highest BCUT2D eigenvalue weighted by Gasteiger charge is 2.27. The monoisotopic (exact) mass is 339 g/mol. The largest absolute Gasteiger partial charge is 0.355 e. The third-order valence-corrected chi connectivity index (χ3v) is 5.68. The molecule has 0 aliphatic heterocycles. The van der Waals surface area contributed by atoms with Crippen molar-refractivity contribution >= 4 is 28.3 Å². The predicted octanol–water partition coefficient (Wildman–Crippen LogP) is 0.371. The summed E-state index contributed by atoms with van der Waals surface area (Å²) in [6, 6.07) is 0.110. The highest BCUT2D eigenvalue weighted by molar-refractivity contribution is 7.89. The maximum atomic E-state index is 11.8. The smallest absolute Gasteiger partial charge is 0.223 e. The first-order valence-corrected chi connectivity index (χ1v) is 9.12. The summed E-state index contributed by atoms with van der Waals surface area (Å²) in [7, 11) is -3.27. The Balaban J connectivity index is 0.00000220. The minimum Gasteiger partial charge on any atom is -0.355 e. The highest BCUT2D eigenvalue weighted by Crippen LogP contribution is 2.25. The van der Waals surface area contributed by atoms with E-state index in [9.17, 15) is 13.2 Å². The van der Waals surface area contributed by atoms with Crippen molar-refractivity contribution in [3.05, 3.63) is 0 Å². The third kappa shape index (κ3) is 6.10. The lowest BCUT2D eigenvalue weighted by Gasteiger charge is -2.25. The van der Waals surface area contributed by atoms with Gasteiger partial charge in [-0.05, 0) is 38.0 Å². The number of hydrogen-bond acceptors (Lipinski definition) is 4. The topological polar surface area (TPSA) is 101 Å². The van der Waals surface area contributed by atoms with E-state index in [1.807, 2.05) is 0 Å². The van der Waals surface area contributed by atoms with E-state index in [4.69, 9.17) is 5.73 Å². The summed E-state index contributed by atoms with van der Waals surface area (Å²) in [6.45, 7) is 0.707. The van der Waals surface area contributed by atoms with Crippen molar-refractivity contribution < 1.29 is 13.2 Å². The number of hydrogen-bond donors (Lipinski definition) is 3. The van der Waals surface area contributed by atoms with E-state index in [-0.39, 0.29) is 42.6 Å². The lowest BCUT2D eigenvalue weighted by molar-refractivity contribution is -0.124. The number of halogens is 1. The molecule has 0 heterocycles. The van der Waals surface area contributed by atoms with E-state index < -0.39 is 10.0 Å². The van der Waals surface area contributed by atoms with Crippen LogP contribution in [0.2, 0.25) is 0 Å². The van der Waals surface area contributed by atoms with Gasteiger partial charge in [0.15, 0.2) is 0 Å². The Bertz CT molecular complexity index is 440. The molecule has 2 aliphatic carbocycles. The molecule has 0 aromatic heterocycles. The van der Waals surface area contributed by atoms with E-state index >= 15 is 0 Å². The standard InChI is InChI=1S/C13H25N3O3S.ClH/c14-12-5-4-11(8-12)13(17)15-6-7-20(18,19)16-9-10-2-1-3-10;/h10-12,16H,1-9,14H2,(H,15,17);1H. The van der Waals surface area contributed by atoms with Gasteiger partial charge in [-0.25, -0.2) is 13.1 Å². The Labute approximate surface area is 133 Å². The molecule has 4 N–H and O–H groups in total. The summed E-state index contributed by atoms with van der Waals surface area (Å²) < 4.78 is 26.1. The second-order valence-electron chi connectivity index (χ2n) is 6.03. The van der Waals surface area contributed by atoms with Gasteiger partial charge in [0, 0.05) is 25.0 Å². The van der Waals surface area contributed by atoms with Crippen LogP contribution < -0.4 is 15.8 Å². The van der Waals surface area contributed by atoms with Crippen molar-refractivity contribution in [3.8, 4) is 0 Å². The lowest BCUT2D eigenvalue weighted by Crippen LogP contribution is -2.39. The van der Waals surface area contributed by atoms with Gasteiger partial charge in [-0.3, -0.25) is 4.79 Å². The maximum Gasteiger partial charge on any atom is 0.223 e. The zero-order chi connectivity index (χ0) is 14.6. The first kappa shape index (κ1) is 18.7. The molecule has 2 rings (SSSR count). The van der Waals surface area contributed by atoms with E-state index in [1.165, 1.54) is 6.42 Å². The number of sulfonamides is 1. The maximum absolute atomic E-state index is 11.8. The number of amides is 1. The van der Waals surface area contributed by atoms with Gasteiger partial charge < -0.3 is 11.1 Å². The van der Waals surface area contributed by atoms with Crippen molar-refractivity contribution in [2.75, 3.05) is 18.8 Å². The van der Waals surface area contributed by atoms with Crippen LogP contribution in [0.15, 0.2) is 0 Å². The van der Waals surface area contributed by atoms with Crippen LogP contribution in [0.25, 0.3) is 0 Å². The number of carbonyl (C=O) groups is 1. The summed E-state index contributed by atoms with van der Waals surface area (Å²) in [6.07, 6.45) is 5.81. The van der Waals surface area contributed by atoms with Crippen LogP contribution in [0.3, 0.4) is 0 Å². The summed E-state index contributed by atoms with van der Waals surface area (Å²) in [4.78, 5) is 11.8. The van der Waals surface area contributed by atoms with Gasteiger partial charge in [0.05, 0.1) is 5.75 Å². The summed E-state index contributed by atoms with van der Waals surface area (Å²) >= 11 is 0. The predicted molar refractivity (Wildman–Crippen MR) is 84.7 cm³/mol. The Hall–Kier alpha value is -0.370. The molecular weight excluding hydrogens is 314 g/mol. The van der Waals surface area contributed by atoms with Gasteiger partial charge in [-0.2, -0.15) is 0 Å². The van der Waals surface area contributed by atoms with E-state index in [2.05, 4.69) is 10.0 Å². The Morgan fingerprint density at radius 2 is 1.90 bits per heavy atom. The fourth-order valence-electron chi connectivity index (χ4n) is 2.72. The second-order valence-corrected chi connectivity index (χ2v) is 7.95. The molecule has 2 atom stereocenters. The highest BCUT2D eigenvalue weighted by atomic mass is 35.5. The summed E-state index contributed by atoms with van der Waals surface area (Å²) in [5, 5.41) is 2.70. The molecule has 2 fully saturated rings. The van der Waals surface area contributed by atoms with Crippen LogP contribution in [0, 0.1) is 11.8 Å². The molecule has 0 spiro atoms. The number of nitrogens with one attached hydrogen (secondary N) is 2. The summed E-state index contributed by atoms with van der Waals surface area (Å²) in [5.41, 5.74) is 5.76. The Morgan fingerprint density at radius 3 is 2.43 bits per heavy atom. The van der Waals surface area contributed by atoms with E-state index in [0.717, 1.165) is 25.7 Å². The van der Waals surface area contributed by atoms with Crippen LogP contribution in [0.1, 0.15) is 38.5 Å². The fraction of sp³-hybridized carbons (Fsp3) is 0.923. The number of rotatable bonds is 7. The molecule has 21 heavy (non-hydrogen) atoms. The molecule has 0 saturated heterocycles. The third-order valence-electron chi connectivity index (χ3n) is 4.33. The molecule has 1 amide bonds. The first-order chi connectivity index (χ1) is 9.46. The van der Waals surface area contributed by atoms with Gasteiger partial charge in [0.2, 0.25) is 15.9 Å². The molecule has 0 bridgehead atoms. The van der Waals surface area contributed by atoms with Crippen molar-refractivity contribution in [3.63, 3.8) is 0 Å². The lowest BCUT2D eigenvalue weighted by atomic mass is 9.86. The van der Waals surface area contributed by atoms with Crippen molar-refractivity contribution in [1.82, 2.24) is 10.0 Å². The molecule has 0 aromatic rings. The summed E-state index contributed by atoms with van der Waals surface area (Å²) in [5.74, 6) is 0.340. The fourth-order valence-corrected chi connectivity index (χ4v) is 3.73. The average Bonchev–Trinajstić information content (AvgIpc) is 2.73. The first-order valence-electron chi connectivity index (χ1n) is 7.47. The van der Waals surface area contributed by atoms with Crippen molar-refractivity contribution in [1.29, 1.82) is 0 Å². The quantitative estimate of drug-likeness (QED) is 0.623. The van der Waals surface area contributed by atoms with Crippen LogP contribution in [-0.2, 0) is 14.8 Å². The van der Waals surface area contributed by atoms with Crippen molar-refractivity contribution in [2.24, 2.45) is 17.6 Å². The molecular formula is C13H26ClN3O3S. The minimum atomic E-state index is -3.27. The Kier molecular flexibility index (Phi) is 7.39. The van der Waals surface area contributed by atoms with Crippen LogP contribution in [-0.4, -0.2) is 39.2 Å². The molecule has 2 unspecified atom stereocenters. The zero-order valence-electron chi connectivity index (χ0n) is 12.2. The zero-order valence-corrected chi connectivity index (χ0v) is 13.8. The SMILES string of the molecule is Cl.NC1CCC(C(=O)NCCS(=O)(=O)NCC2CCC2)C1.